The molecule has 0 unspecified atom stereocenters. The summed E-state index contributed by atoms with van der Waals surface area (Å²) in [6.45, 7) is 8.56. The van der Waals surface area contributed by atoms with Crippen molar-refractivity contribution in [3.63, 3.8) is 0 Å². The molecular weight excluding hydrogens is 412 g/mol. The predicted molar refractivity (Wildman–Crippen MR) is 130 cm³/mol. The Morgan fingerprint density at radius 3 is 2.12 bits per heavy atom. The molecule has 0 spiro atoms. The van der Waals surface area contributed by atoms with Crippen LogP contribution in [-0.4, -0.2) is 60.0 Å². The largest absolute Gasteiger partial charge is 0.381 e. The molecule has 1 amide bonds. The van der Waals surface area contributed by atoms with Crippen molar-refractivity contribution < 1.29 is 9.53 Å². The number of aryl methyl sites for hydroxylation is 1. The number of rotatable bonds is 4. The predicted octanol–water partition coefficient (Wildman–Crippen LogP) is 3.89. The first kappa shape index (κ1) is 21.7. The van der Waals surface area contributed by atoms with Crippen molar-refractivity contribution in [3.05, 3.63) is 77.6 Å². The molecule has 2 aliphatic rings. The molecule has 1 aromatic heterocycles. The molecule has 3 heterocycles. The number of carbonyl (C=O) groups is 1. The van der Waals surface area contributed by atoms with Crippen molar-refractivity contribution in [1.29, 1.82) is 0 Å². The minimum atomic E-state index is -0.467. The van der Waals surface area contributed by atoms with E-state index in [0.29, 0.717) is 13.2 Å². The number of hydrogen-bond acceptors (Lipinski definition) is 4. The maximum absolute atomic E-state index is 13.9. The normalized spacial score (nSPS) is 18.4. The number of nitrogens with zero attached hydrogens (tertiary/aromatic N) is 4. The monoisotopic (exact) mass is 444 g/mol. The maximum atomic E-state index is 13.9. The molecule has 2 aromatic carbocycles. The van der Waals surface area contributed by atoms with Gasteiger partial charge in [0.2, 0.25) is 5.91 Å². The lowest BCUT2D eigenvalue weighted by Gasteiger charge is -2.43. The molecule has 0 aliphatic carbocycles. The van der Waals surface area contributed by atoms with Gasteiger partial charge in [-0.3, -0.25) is 4.79 Å². The van der Waals surface area contributed by atoms with Gasteiger partial charge in [0.25, 0.3) is 0 Å². The van der Waals surface area contributed by atoms with E-state index in [-0.39, 0.29) is 5.91 Å². The fourth-order valence-electron chi connectivity index (χ4n) is 5.45. The Morgan fingerprint density at radius 1 is 0.879 bits per heavy atom. The zero-order valence-electron chi connectivity index (χ0n) is 19.5. The van der Waals surface area contributed by atoms with Crippen molar-refractivity contribution in [2.75, 3.05) is 44.3 Å². The van der Waals surface area contributed by atoms with Crippen molar-refractivity contribution >= 4 is 11.6 Å². The summed E-state index contributed by atoms with van der Waals surface area (Å²) in [6, 6.07) is 20.5. The summed E-state index contributed by atoms with van der Waals surface area (Å²) >= 11 is 0. The van der Waals surface area contributed by atoms with Gasteiger partial charge >= 0.3 is 0 Å². The van der Waals surface area contributed by atoms with Crippen LogP contribution in [0.5, 0.6) is 0 Å². The first-order valence-corrected chi connectivity index (χ1v) is 11.9. The fraction of sp³-hybridized carbons (Fsp3) is 0.407. The van der Waals surface area contributed by atoms with E-state index < -0.39 is 5.41 Å². The van der Waals surface area contributed by atoms with E-state index in [9.17, 15) is 4.79 Å². The number of para-hydroxylation sites is 1. The van der Waals surface area contributed by atoms with Crippen molar-refractivity contribution in [2.24, 2.45) is 0 Å². The quantitative estimate of drug-likeness (QED) is 0.613. The molecule has 0 N–H and O–H groups in total. The van der Waals surface area contributed by atoms with Crippen LogP contribution >= 0.6 is 0 Å². The van der Waals surface area contributed by atoms with Gasteiger partial charge in [-0.25, -0.2) is 4.68 Å². The van der Waals surface area contributed by atoms with Crippen LogP contribution in [0.1, 0.15) is 29.8 Å². The topological polar surface area (TPSA) is 50.6 Å². The van der Waals surface area contributed by atoms with E-state index in [1.54, 1.807) is 0 Å². The van der Waals surface area contributed by atoms with E-state index in [1.807, 2.05) is 41.1 Å². The lowest BCUT2D eigenvalue weighted by Crippen LogP contribution is -2.56. The molecule has 0 bridgehead atoms. The summed E-state index contributed by atoms with van der Waals surface area (Å²) in [5.41, 5.74) is 5.09. The van der Waals surface area contributed by atoms with Crippen LogP contribution in [0.3, 0.4) is 0 Å². The first-order chi connectivity index (χ1) is 16.1. The van der Waals surface area contributed by atoms with Crippen LogP contribution in [0.2, 0.25) is 0 Å². The highest BCUT2D eigenvalue weighted by atomic mass is 16.5. The Labute approximate surface area is 195 Å². The third kappa shape index (κ3) is 3.93. The van der Waals surface area contributed by atoms with Gasteiger partial charge in [0.05, 0.1) is 28.2 Å². The van der Waals surface area contributed by atoms with Crippen LogP contribution in [0, 0.1) is 13.8 Å². The summed E-state index contributed by atoms with van der Waals surface area (Å²) in [5.74, 6) is 0.255. The van der Waals surface area contributed by atoms with Gasteiger partial charge in [-0.05, 0) is 44.4 Å². The van der Waals surface area contributed by atoms with E-state index >= 15 is 0 Å². The Hall–Kier alpha value is -3.12. The molecule has 5 rings (SSSR count). The molecule has 33 heavy (non-hydrogen) atoms. The number of ether oxygens (including phenoxy) is 1. The highest BCUT2D eigenvalue weighted by molar-refractivity contribution is 5.88. The van der Waals surface area contributed by atoms with E-state index in [2.05, 4.69) is 47.9 Å². The second-order valence-electron chi connectivity index (χ2n) is 9.11. The van der Waals surface area contributed by atoms with E-state index in [4.69, 9.17) is 9.84 Å². The molecule has 3 aromatic rings. The Morgan fingerprint density at radius 2 is 1.48 bits per heavy atom. The molecule has 2 saturated heterocycles. The van der Waals surface area contributed by atoms with Crippen LogP contribution in [0.4, 0.5) is 5.69 Å². The molecule has 0 atom stereocenters. The molecule has 6 heteroatoms. The zero-order valence-corrected chi connectivity index (χ0v) is 19.5. The minimum absolute atomic E-state index is 0.255. The second-order valence-corrected chi connectivity index (χ2v) is 9.11. The van der Waals surface area contributed by atoms with Crippen LogP contribution in [-0.2, 0) is 14.9 Å². The maximum Gasteiger partial charge on any atom is 0.233 e. The molecule has 0 radical (unpaired) electrons. The lowest BCUT2D eigenvalue weighted by molar-refractivity contribution is -0.141. The average Bonchev–Trinajstić information content (AvgIpc) is 3.18. The average molecular weight is 445 g/mol. The summed E-state index contributed by atoms with van der Waals surface area (Å²) in [5, 5.41) is 4.81. The molecule has 6 nitrogen and oxygen atoms in total. The van der Waals surface area contributed by atoms with Gasteiger partial charge in [-0.15, -0.1) is 0 Å². The van der Waals surface area contributed by atoms with Gasteiger partial charge in [0, 0.05) is 39.4 Å². The number of piperazine rings is 1. The van der Waals surface area contributed by atoms with Gasteiger partial charge in [0.15, 0.2) is 0 Å². The van der Waals surface area contributed by atoms with Crippen LogP contribution < -0.4 is 4.90 Å². The number of anilines is 1. The number of carbonyl (C=O) groups excluding carboxylic acids is 1. The zero-order chi connectivity index (χ0) is 22.8. The third-order valence-corrected chi connectivity index (χ3v) is 7.22. The van der Waals surface area contributed by atoms with Crippen molar-refractivity contribution in [1.82, 2.24) is 14.7 Å². The summed E-state index contributed by atoms with van der Waals surface area (Å²) < 4.78 is 7.66. The Kier molecular flexibility index (Phi) is 5.94. The minimum Gasteiger partial charge on any atom is -0.381 e. The number of aromatic nitrogens is 2. The molecule has 2 fully saturated rings. The molecule has 172 valence electrons. The standard InChI is InChI=1S/C27H32N4O2/c1-21-25(22(2)31(28-21)24-11-7-4-8-12-24)29-15-17-30(18-16-29)26(32)27(13-19-33-20-14-27)23-9-5-3-6-10-23/h3-12H,13-20H2,1-2H3. The van der Waals surface area contributed by atoms with Crippen LogP contribution in [0.25, 0.3) is 5.69 Å². The SMILES string of the molecule is Cc1nn(-c2ccccc2)c(C)c1N1CCN(C(=O)C2(c3ccccc3)CCOCC2)CC1. The lowest BCUT2D eigenvalue weighted by atomic mass is 9.73. The van der Waals surface area contributed by atoms with E-state index in [0.717, 1.165) is 61.7 Å². The first-order valence-electron chi connectivity index (χ1n) is 11.9. The van der Waals surface area contributed by atoms with Crippen molar-refractivity contribution in [2.45, 2.75) is 32.1 Å². The second kappa shape index (κ2) is 9.02. The third-order valence-electron chi connectivity index (χ3n) is 7.22. The smallest absolute Gasteiger partial charge is 0.233 e. The number of hydrogen-bond donors (Lipinski definition) is 0. The van der Waals surface area contributed by atoms with Gasteiger partial charge in [0.1, 0.15) is 0 Å². The van der Waals surface area contributed by atoms with Crippen molar-refractivity contribution in [3.8, 4) is 5.69 Å². The Balaban J connectivity index is 1.34. The number of benzene rings is 2. The van der Waals surface area contributed by atoms with Gasteiger partial charge in [-0.2, -0.15) is 5.10 Å². The molecular formula is C27H32N4O2. The summed E-state index contributed by atoms with van der Waals surface area (Å²) in [6.07, 6.45) is 1.50. The van der Waals surface area contributed by atoms with Gasteiger partial charge in [-0.1, -0.05) is 48.5 Å². The summed E-state index contributed by atoms with van der Waals surface area (Å²) in [7, 11) is 0. The molecule has 0 saturated carbocycles. The van der Waals surface area contributed by atoms with E-state index in [1.165, 1.54) is 5.69 Å². The highest BCUT2D eigenvalue weighted by Gasteiger charge is 2.44. The Bertz CT molecular complexity index is 1100. The molecule has 2 aliphatic heterocycles. The van der Waals surface area contributed by atoms with Gasteiger partial charge < -0.3 is 14.5 Å². The summed E-state index contributed by atoms with van der Waals surface area (Å²) in [4.78, 5) is 18.3. The number of amides is 1. The highest BCUT2D eigenvalue weighted by Crippen LogP contribution is 2.37. The van der Waals surface area contributed by atoms with Crippen LogP contribution in [0.15, 0.2) is 60.7 Å². The fourth-order valence-corrected chi connectivity index (χ4v) is 5.45.